The Morgan fingerprint density at radius 1 is 1.61 bits per heavy atom. The summed E-state index contributed by atoms with van der Waals surface area (Å²) in [7, 11) is 0. The number of aliphatic hydroxyl groups excluding tert-OH is 1. The molecule has 1 aliphatic rings. The lowest BCUT2D eigenvalue weighted by Crippen LogP contribution is -2.35. The molecule has 1 aromatic rings. The molecule has 1 aromatic carbocycles. The summed E-state index contributed by atoms with van der Waals surface area (Å²) in [6.07, 6.45) is 1.74. The van der Waals surface area contributed by atoms with Gasteiger partial charge in [0.2, 0.25) is 0 Å². The highest BCUT2D eigenvalue weighted by atomic mass is 16.3. The van der Waals surface area contributed by atoms with Crippen LogP contribution < -0.4 is 4.90 Å². The van der Waals surface area contributed by atoms with Gasteiger partial charge in [-0.1, -0.05) is 6.92 Å². The molecule has 4 nitrogen and oxygen atoms in total. The Hall–Kier alpha value is -1.86. The van der Waals surface area contributed by atoms with Gasteiger partial charge in [-0.2, -0.15) is 5.26 Å². The number of aldehydes is 1. The monoisotopic (exact) mass is 244 g/mol. The first kappa shape index (κ1) is 12.6. The number of aliphatic hydroxyl groups is 1. The van der Waals surface area contributed by atoms with E-state index in [4.69, 9.17) is 5.26 Å². The molecule has 4 heteroatoms. The number of rotatable bonds is 3. The van der Waals surface area contributed by atoms with Crippen molar-refractivity contribution in [2.45, 2.75) is 19.4 Å². The summed E-state index contributed by atoms with van der Waals surface area (Å²) in [4.78, 5) is 12.8. The van der Waals surface area contributed by atoms with Crippen LogP contribution in [0, 0.1) is 17.2 Å². The summed E-state index contributed by atoms with van der Waals surface area (Å²) in [5.74, 6) is 0.410. The zero-order chi connectivity index (χ0) is 13.1. The standard InChI is InChI=1S/C14H16N2O2/c1-10-4-5-16(14(10)9-18)13-3-2-11(8-17)6-12(13)7-15/h2-3,6,8,10,14,18H,4-5,9H2,1H3. The molecule has 94 valence electrons. The van der Waals surface area contributed by atoms with Crippen molar-refractivity contribution < 1.29 is 9.90 Å². The average molecular weight is 244 g/mol. The number of nitrogens with zero attached hydrogens (tertiary/aromatic N) is 2. The Labute approximate surface area is 106 Å². The van der Waals surface area contributed by atoms with Gasteiger partial charge in [0.05, 0.1) is 23.9 Å². The van der Waals surface area contributed by atoms with Crippen LogP contribution in [0.2, 0.25) is 0 Å². The van der Waals surface area contributed by atoms with E-state index >= 15 is 0 Å². The van der Waals surface area contributed by atoms with Crippen LogP contribution in [0.4, 0.5) is 5.69 Å². The van der Waals surface area contributed by atoms with E-state index in [1.165, 1.54) is 0 Å². The van der Waals surface area contributed by atoms with E-state index in [2.05, 4.69) is 17.9 Å². The second-order valence-corrected chi connectivity index (χ2v) is 4.72. The molecule has 2 unspecified atom stereocenters. The number of anilines is 1. The molecule has 1 N–H and O–H groups in total. The molecule has 18 heavy (non-hydrogen) atoms. The molecule has 0 bridgehead atoms. The van der Waals surface area contributed by atoms with Crippen molar-refractivity contribution in [2.75, 3.05) is 18.1 Å². The van der Waals surface area contributed by atoms with Crippen LogP contribution in [-0.2, 0) is 0 Å². The van der Waals surface area contributed by atoms with Gasteiger partial charge in [-0.05, 0) is 30.5 Å². The van der Waals surface area contributed by atoms with Crippen LogP contribution >= 0.6 is 0 Å². The SMILES string of the molecule is CC1CCN(c2ccc(C=O)cc2C#N)C1CO. The van der Waals surface area contributed by atoms with Gasteiger partial charge < -0.3 is 10.0 Å². The van der Waals surface area contributed by atoms with Gasteiger partial charge in [0.25, 0.3) is 0 Å². The second-order valence-electron chi connectivity index (χ2n) is 4.72. The number of hydrogen-bond donors (Lipinski definition) is 1. The van der Waals surface area contributed by atoms with Gasteiger partial charge in [-0.3, -0.25) is 4.79 Å². The maximum atomic E-state index is 10.7. The smallest absolute Gasteiger partial charge is 0.150 e. The van der Waals surface area contributed by atoms with E-state index < -0.39 is 0 Å². The van der Waals surface area contributed by atoms with Gasteiger partial charge in [0.15, 0.2) is 0 Å². The number of nitriles is 1. The summed E-state index contributed by atoms with van der Waals surface area (Å²) in [5.41, 5.74) is 1.81. The zero-order valence-corrected chi connectivity index (χ0v) is 10.3. The molecule has 0 aliphatic carbocycles. The fraction of sp³-hybridized carbons (Fsp3) is 0.429. The lowest BCUT2D eigenvalue weighted by atomic mass is 10.0. The Bertz CT molecular complexity index is 493. The van der Waals surface area contributed by atoms with Gasteiger partial charge in [0, 0.05) is 12.1 Å². The normalized spacial score (nSPS) is 22.8. The Balaban J connectivity index is 2.39. The summed E-state index contributed by atoms with van der Waals surface area (Å²) in [6, 6.07) is 7.28. The maximum Gasteiger partial charge on any atom is 0.150 e. The molecular formula is C14H16N2O2. The molecular weight excluding hydrogens is 228 g/mol. The van der Waals surface area contributed by atoms with E-state index in [9.17, 15) is 9.90 Å². The van der Waals surface area contributed by atoms with E-state index in [1.54, 1.807) is 18.2 Å². The summed E-state index contributed by atoms with van der Waals surface area (Å²) >= 11 is 0. The molecule has 0 saturated carbocycles. The Morgan fingerprint density at radius 2 is 2.39 bits per heavy atom. The van der Waals surface area contributed by atoms with Crippen molar-refractivity contribution in [2.24, 2.45) is 5.92 Å². The van der Waals surface area contributed by atoms with Crippen LogP contribution in [0.5, 0.6) is 0 Å². The molecule has 0 aromatic heterocycles. The quantitative estimate of drug-likeness (QED) is 0.820. The highest BCUT2D eigenvalue weighted by Gasteiger charge is 2.31. The molecule has 0 radical (unpaired) electrons. The van der Waals surface area contributed by atoms with Gasteiger partial charge in [-0.15, -0.1) is 0 Å². The molecule has 1 saturated heterocycles. The third kappa shape index (κ3) is 2.09. The first-order chi connectivity index (χ1) is 8.71. The molecule has 1 aliphatic heterocycles. The number of carbonyl (C=O) groups is 1. The first-order valence-electron chi connectivity index (χ1n) is 6.08. The van der Waals surface area contributed by atoms with Crippen molar-refractivity contribution in [1.29, 1.82) is 5.26 Å². The fourth-order valence-electron chi connectivity index (χ4n) is 2.55. The highest BCUT2D eigenvalue weighted by molar-refractivity contribution is 5.78. The number of hydrogen-bond acceptors (Lipinski definition) is 4. The molecule has 1 fully saturated rings. The van der Waals surface area contributed by atoms with Crippen LogP contribution in [0.25, 0.3) is 0 Å². The minimum Gasteiger partial charge on any atom is -0.394 e. The summed E-state index contributed by atoms with van der Waals surface area (Å²) < 4.78 is 0. The van der Waals surface area contributed by atoms with Crippen molar-refractivity contribution in [3.8, 4) is 6.07 Å². The minimum absolute atomic E-state index is 0.0548. The van der Waals surface area contributed by atoms with Crippen molar-refractivity contribution in [1.82, 2.24) is 0 Å². The van der Waals surface area contributed by atoms with E-state index in [-0.39, 0.29) is 12.6 Å². The fourth-order valence-corrected chi connectivity index (χ4v) is 2.55. The highest BCUT2D eigenvalue weighted by Crippen LogP contribution is 2.31. The lowest BCUT2D eigenvalue weighted by molar-refractivity contribution is 0.112. The Morgan fingerprint density at radius 3 is 3.00 bits per heavy atom. The first-order valence-corrected chi connectivity index (χ1v) is 6.08. The average Bonchev–Trinajstić information content (AvgIpc) is 2.78. The molecule has 0 amide bonds. The third-order valence-corrected chi connectivity index (χ3v) is 3.66. The van der Waals surface area contributed by atoms with E-state index in [1.807, 2.05) is 0 Å². The molecule has 2 atom stereocenters. The maximum absolute atomic E-state index is 10.7. The Kier molecular flexibility index (Phi) is 3.63. The number of benzene rings is 1. The predicted molar refractivity (Wildman–Crippen MR) is 68.5 cm³/mol. The molecule has 2 rings (SSSR count). The predicted octanol–water partition coefficient (Wildman–Crippen LogP) is 1.58. The summed E-state index contributed by atoms with van der Waals surface area (Å²) in [5, 5.41) is 18.6. The van der Waals surface area contributed by atoms with Crippen molar-refractivity contribution in [3.05, 3.63) is 29.3 Å². The van der Waals surface area contributed by atoms with Crippen LogP contribution in [0.3, 0.4) is 0 Å². The topological polar surface area (TPSA) is 64.3 Å². The van der Waals surface area contributed by atoms with Crippen molar-refractivity contribution >= 4 is 12.0 Å². The van der Waals surface area contributed by atoms with Gasteiger partial charge in [0.1, 0.15) is 12.4 Å². The van der Waals surface area contributed by atoms with E-state index in [0.29, 0.717) is 17.0 Å². The largest absolute Gasteiger partial charge is 0.394 e. The van der Waals surface area contributed by atoms with Gasteiger partial charge >= 0.3 is 0 Å². The minimum atomic E-state index is 0.0548. The summed E-state index contributed by atoms with van der Waals surface area (Å²) in [6.45, 7) is 3.02. The van der Waals surface area contributed by atoms with Crippen LogP contribution in [-0.4, -0.2) is 30.6 Å². The van der Waals surface area contributed by atoms with Crippen LogP contribution in [0.1, 0.15) is 29.3 Å². The zero-order valence-electron chi connectivity index (χ0n) is 10.3. The van der Waals surface area contributed by atoms with Crippen molar-refractivity contribution in [3.63, 3.8) is 0 Å². The molecule has 0 spiro atoms. The van der Waals surface area contributed by atoms with Gasteiger partial charge in [-0.25, -0.2) is 0 Å². The van der Waals surface area contributed by atoms with Crippen LogP contribution in [0.15, 0.2) is 18.2 Å². The van der Waals surface area contributed by atoms with E-state index in [0.717, 1.165) is 24.9 Å². The number of carbonyl (C=O) groups excluding carboxylic acids is 1. The second kappa shape index (κ2) is 5.19. The lowest BCUT2D eigenvalue weighted by Gasteiger charge is -2.28. The third-order valence-electron chi connectivity index (χ3n) is 3.66. The molecule has 1 heterocycles.